The summed E-state index contributed by atoms with van der Waals surface area (Å²) in [6.45, 7) is 10.3. The number of nitrogens with zero attached hydrogens (tertiary/aromatic N) is 1. The van der Waals surface area contributed by atoms with Crippen LogP contribution in [0, 0.1) is 0 Å². The van der Waals surface area contributed by atoms with Crippen LogP contribution in [0.5, 0.6) is 0 Å². The summed E-state index contributed by atoms with van der Waals surface area (Å²) in [5, 5.41) is 8.79. The summed E-state index contributed by atoms with van der Waals surface area (Å²) in [6.07, 6.45) is 3.57. The van der Waals surface area contributed by atoms with Crippen molar-refractivity contribution in [3.63, 3.8) is 0 Å². The molecule has 1 N–H and O–H groups in total. The topological polar surface area (TPSA) is 23.5 Å². The highest BCUT2D eigenvalue weighted by Gasteiger charge is 2.08. The molecule has 0 saturated carbocycles. The summed E-state index contributed by atoms with van der Waals surface area (Å²) in [7, 11) is 0. The molecular weight excluding hydrogens is 210 g/mol. The molecule has 2 nitrogen and oxygen atoms in total. The van der Waals surface area contributed by atoms with Gasteiger partial charge in [-0.3, -0.25) is 0 Å². The van der Waals surface area contributed by atoms with Crippen LogP contribution in [-0.2, 0) is 0 Å². The maximum atomic E-state index is 8.79. The van der Waals surface area contributed by atoms with Crippen molar-refractivity contribution in [2.75, 3.05) is 24.6 Å². The standard InChI is InChI=1S/C15H21NO/c1-4-16(5-2)15-11-7-6-10-14(15)13(3)9-8-12-17/h6-11,17H,3-5,12H2,1-2H3. The second kappa shape index (κ2) is 6.92. The van der Waals surface area contributed by atoms with Crippen LogP contribution < -0.4 is 4.90 Å². The predicted octanol–water partition coefficient (Wildman–Crippen LogP) is 3.09. The van der Waals surface area contributed by atoms with Gasteiger partial charge >= 0.3 is 0 Å². The van der Waals surface area contributed by atoms with E-state index in [9.17, 15) is 0 Å². The van der Waals surface area contributed by atoms with Gasteiger partial charge in [-0.1, -0.05) is 36.9 Å². The first kappa shape index (κ1) is 13.5. The Morgan fingerprint density at radius 1 is 1.29 bits per heavy atom. The first-order chi connectivity index (χ1) is 8.24. The third-order valence-electron chi connectivity index (χ3n) is 2.78. The number of hydrogen-bond acceptors (Lipinski definition) is 2. The Balaban J connectivity index is 3.06. The summed E-state index contributed by atoms with van der Waals surface area (Å²) in [5.74, 6) is 0. The maximum absolute atomic E-state index is 8.79. The van der Waals surface area contributed by atoms with Gasteiger partial charge in [0.2, 0.25) is 0 Å². The molecule has 0 amide bonds. The molecule has 0 aliphatic carbocycles. The van der Waals surface area contributed by atoms with Crippen LogP contribution in [-0.4, -0.2) is 24.8 Å². The van der Waals surface area contributed by atoms with E-state index in [1.807, 2.05) is 18.2 Å². The smallest absolute Gasteiger partial charge is 0.0615 e. The molecule has 17 heavy (non-hydrogen) atoms. The van der Waals surface area contributed by atoms with Crippen LogP contribution >= 0.6 is 0 Å². The van der Waals surface area contributed by atoms with Gasteiger partial charge < -0.3 is 10.0 Å². The van der Waals surface area contributed by atoms with Crippen LogP contribution in [0.3, 0.4) is 0 Å². The van der Waals surface area contributed by atoms with E-state index in [-0.39, 0.29) is 6.61 Å². The molecule has 1 aromatic rings. The molecule has 0 aliphatic rings. The van der Waals surface area contributed by atoms with Crippen LogP contribution in [0.2, 0.25) is 0 Å². The number of aliphatic hydroxyl groups excluding tert-OH is 1. The lowest BCUT2D eigenvalue weighted by molar-refractivity contribution is 0.343. The molecule has 0 aromatic heterocycles. The van der Waals surface area contributed by atoms with E-state index in [2.05, 4.69) is 37.5 Å². The van der Waals surface area contributed by atoms with E-state index in [0.29, 0.717) is 0 Å². The zero-order valence-corrected chi connectivity index (χ0v) is 10.7. The van der Waals surface area contributed by atoms with Crippen LogP contribution in [0.4, 0.5) is 5.69 Å². The largest absolute Gasteiger partial charge is 0.392 e. The minimum atomic E-state index is 0.0481. The fraction of sp³-hybridized carbons (Fsp3) is 0.333. The highest BCUT2D eigenvalue weighted by atomic mass is 16.2. The minimum absolute atomic E-state index is 0.0481. The zero-order valence-electron chi connectivity index (χ0n) is 10.7. The van der Waals surface area contributed by atoms with Crippen LogP contribution in [0.25, 0.3) is 5.57 Å². The molecule has 0 spiro atoms. The van der Waals surface area contributed by atoms with E-state index in [1.165, 1.54) is 5.69 Å². The van der Waals surface area contributed by atoms with Gasteiger partial charge in [0.1, 0.15) is 0 Å². The molecule has 0 saturated heterocycles. The van der Waals surface area contributed by atoms with Crippen molar-refractivity contribution >= 4 is 11.3 Å². The number of anilines is 1. The Morgan fingerprint density at radius 2 is 1.94 bits per heavy atom. The molecule has 2 heteroatoms. The van der Waals surface area contributed by atoms with Crippen molar-refractivity contribution in [2.24, 2.45) is 0 Å². The van der Waals surface area contributed by atoms with Crippen molar-refractivity contribution < 1.29 is 5.11 Å². The Bertz CT molecular complexity index is 392. The predicted molar refractivity (Wildman–Crippen MR) is 75.3 cm³/mol. The van der Waals surface area contributed by atoms with Crippen molar-refractivity contribution in [2.45, 2.75) is 13.8 Å². The quantitative estimate of drug-likeness (QED) is 0.760. The summed E-state index contributed by atoms with van der Waals surface area (Å²) in [6, 6.07) is 8.23. The minimum Gasteiger partial charge on any atom is -0.392 e. The van der Waals surface area contributed by atoms with Gasteiger partial charge in [0.05, 0.1) is 6.61 Å². The molecule has 0 heterocycles. The number of benzene rings is 1. The van der Waals surface area contributed by atoms with E-state index >= 15 is 0 Å². The average molecular weight is 231 g/mol. The normalized spacial score (nSPS) is 10.8. The molecule has 0 radical (unpaired) electrons. The lowest BCUT2D eigenvalue weighted by Gasteiger charge is -2.24. The number of aliphatic hydroxyl groups is 1. The number of hydrogen-bond donors (Lipinski definition) is 1. The van der Waals surface area contributed by atoms with Gasteiger partial charge in [0, 0.05) is 24.3 Å². The molecule has 0 bridgehead atoms. The van der Waals surface area contributed by atoms with Crippen molar-refractivity contribution in [3.05, 3.63) is 48.6 Å². The van der Waals surface area contributed by atoms with E-state index in [0.717, 1.165) is 24.2 Å². The molecule has 1 aromatic carbocycles. The van der Waals surface area contributed by atoms with Gasteiger partial charge in [-0.05, 0) is 25.5 Å². The number of para-hydroxylation sites is 1. The molecular formula is C15H21NO. The summed E-state index contributed by atoms with van der Waals surface area (Å²) < 4.78 is 0. The SMILES string of the molecule is C=C(C=CCO)c1ccccc1N(CC)CC. The Labute approximate surface area is 104 Å². The zero-order chi connectivity index (χ0) is 12.7. The van der Waals surface area contributed by atoms with E-state index in [4.69, 9.17) is 5.11 Å². The highest BCUT2D eigenvalue weighted by Crippen LogP contribution is 2.26. The molecule has 0 atom stereocenters. The first-order valence-corrected chi connectivity index (χ1v) is 6.05. The van der Waals surface area contributed by atoms with Crippen LogP contribution in [0.1, 0.15) is 19.4 Å². The highest BCUT2D eigenvalue weighted by molar-refractivity contribution is 5.81. The van der Waals surface area contributed by atoms with Crippen LogP contribution in [0.15, 0.2) is 43.0 Å². The van der Waals surface area contributed by atoms with Gasteiger partial charge in [0.15, 0.2) is 0 Å². The van der Waals surface area contributed by atoms with Gasteiger partial charge in [-0.2, -0.15) is 0 Å². The average Bonchev–Trinajstić information content (AvgIpc) is 2.38. The number of rotatable bonds is 6. The second-order valence-corrected chi connectivity index (χ2v) is 3.80. The Morgan fingerprint density at radius 3 is 2.53 bits per heavy atom. The van der Waals surface area contributed by atoms with Gasteiger partial charge in [0.25, 0.3) is 0 Å². The summed E-state index contributed by atoms with van der Waals surface area (Å²) >= 11 is 0. The van der Waals surface area contributed by atoms with Crippen molar-refractivity contribution in [1.82, 2.24) is 0 Å². The van der Waals surface area contributed by atoms with Gasteiger partial charge in [-0.15, -0.1) is 0 Å². The number of allylic oxidation sites excluding steroid dienone is 2. The second-order valence-electron chi connectivity index (χ2n) is 3.80. The van der Waals surface area contributed by atoms with E-state index < -0.39 is 0 Å². The molecule has 92 valence electrons. The Kier molecular flexibility index (Phi) is 5.50. The summed E-state index contributed by atoms with van der Waals surface area (Å²) in [4.78, 5) is 2.30. The molecule has 0 aliphatic heterocycles. The van der Waals surface area contributed by atoms with Gasteiger partial charge in [-0.25, -0.2) is 0 Å². The third-order valence-corrected chi connectivity index (χ3v) is 2.78. The third kappa shape index (κ3) is 3.46. The summed E-state index contributed by atoms with van der Waals surface area (Å²) in [5.41, 5.74) is 3.26. The first-order valence-electron chi connectivity index (χ1n) is 6.05. The monoisotopic (exact) mass is 231 g/mol. The molecule has 1 rings (SSSR count). The molecule has 0 fully saturated rings. The van der Waals surface area contributed by atoms with Crippen molar-refractivity contribution in [3.8, 4) is 0 Å². The fourth-order valence-electron chi connectivity index (χ4n) is 1.87. The lowest BCUT2D eigenvalue weighted by Crippen LogP contribution is -2.22. The maximum Gasteiger partial charge on any atom is 0.0615 e. The Hall–Kier alpha value is -1.54. The van der Waals surface area contributed by atoms with E-state index in [1.54, 1.807) is 6.08 Å². The molecule has 0 unspecified atom stereocenters. The fourth-order valence-corrected chi connectivity index (χ4v) is 1.87. The lowest BCUT2D eigenvalue weighted by atomic mass is 10.0. The van der Waals surface area contributed by atoms with Crippen molar-refractivity contribution in [1.29, 1.82) is 0 Å².